The van der Waals surface area contributed by atoms with E-state index in [4.69, 9.17) is 5.11 Å². The minimum Gasteiger partial charge on any atom is -0.481 e. The normalized spacial score (nSPS) is 11.1. The number of carbonyl (C=O) groups excluding carboxylic acids is 1. The fourth-order valence-electron chi connectivity index (χ4n) is 1.62. The molecule has 0 aromatic heterocycles. The molecular weight excluding hydrogens is 232 g/mol. The monoisotopic (exact) mass is 248 g/mol. The van der Waals surface area contributed by atoms with Crippen LogP contribution in [0.3, 0.4) is 0 Å². The van der Waals surface area contributed by atoms with Crippen LogP contribution in [-0.4, -0.2) is 24.2 Å². The summed E-state index contributed by atoms with van der Waals surface area (Å²) in [5.41, 5.74) is 2.36. The number of hydrogen-bond donors (Lipinski definition) is 1. The first-order valence-corrected chi connectivity index (χ1v) is 5.68. The minimum absolute atomic E-state index is 0.00191. The van der Waals surface area contributed by atoms with Crippen molar-refractivity contribution in [3.63, 3.8) is 0 Å². The fourth-order valence-corrected chi connectivity index (χ4v) is 1.62. The van der Waals surface area contributed by atoms with Crippen molar-refractivity contribution in [1.82, 2.24) is 0 Å². The Kier molecular flexibility index (Phi) is 5.11. The van der Waals surface area contributed by atoms with Crippen LogP contribution in [0.4, 0.5) is 0 Å². The predicted molar refractivity (Wildman–Crippen MR) is 68.3 cm³/mol. The second kappa shape index (κ2) is 6.59. The molecule has 0 aliphatic rings. The second-order valence-electron chi connectivity index (χ2n) is 3.75. The maximum Gasteiger partial charge on any atom is 0.337 e. The summed E-state index contributed by atoms with van der Waals surface area (Å²) in [4.78, 5) is 21.8. The third-order valence-corrected chi connectivity index (χ3v) is 2.58. The lowest BCUT2D eigenvalue weighted by molar-refractivity contribution is -0.136. The third kappa shape index (κ3) is 3.73. The van der Waals surface area contributed by atoms with E-state index in [1.165, 1.54) is 7.11 Å². The molecule has 0 heterocycles. The molecule has 0 radical (unpaired) electrons. The van der Waals surface area contributed by atoms with Crippen molar-refractivity contribution in [3.05, 3.63) is 41.5 Å². The Morgan fingerprint density at radius 1 is 1.22 bits per heavy atom. The smallest absolute Gasteiger partial charge is 0.337 e. The molecular formula is C14H16O4. The van der Waals surface area contributed by atoms with Gasteiger partial charge in [-0.25, -0.2) is 4.79 Å². The molecule has 0 unspecified atom stereocenters. The van der Waals surface area contributed by atoms with Crippen molar-refractivity contribution in [2.75, 3.05) is 7.11 Å². The summed E-state index contributed by atoms with van der Waals surface area (Å²) in [5, 5.41) is 8.65. The van der Waals surface area contributed by atoms with Gasteiger partial charge in [0.1, 0.15) is 0 Å². The van der Waals surface area contributed by atoms with E-state index in [-0.39, 0.29) is 12.4 Å². The summed E-state index contributed by atoms with van der Waals surface area (Å²) < 4.78 is 4.61. The molecule has 0 amide bonds. The highest BCUT2D eigenvalue weighted by Gasteiger charge is 2.06. The van der Waals surface area contributed by atoms with Crippen LogP contribution in [-0.2, 0) is 9.53 Å². The maximum absolute atomic E-state index is 11.3. The zero-order chi connectivity index (χ0) is 13.5. The molecule has 1 aromatic carbocycles. The molecule has 0 aliphatic heterocycles. The van der Waals surface area contributed by atoms with E-state index in [0.29, 0.717) is 5.56 Å². The molecule has 1 aromatic rings. The average molecular weight is 248 g/mol. The van der Waals surface area contributed by atoms with Gasteiger partial charge in [-0.1, -0.05) is 25.1 Å². The highest BCUT2D eigenvalue weighted by atomic mass is 16.5. The number of methoxy groups -OCH3 is 1. The molecule has 0 aliphatic carbocycles. The van der Waals surface area contributed by atoms with Crippen LogP contribution in [0.2, 0.25) is 0 Å². The number of benzene rings is 1. The zero-order valence-corrected chi connectivity index (χ0v) is 10.5. The molecule has 0 spiro atoms. The Morgan fingerprint density at radius 3 is 2.22 bits per heavy atom. The van der Waals surface area contributed by atoms with E-state index in [1.54, 1.807) is 30.3 Å². The lowest BCUT2D eigenvalue weighted by atomic mass is 10.0. The van der Waals surface area contributed by atoms with Gasteiger partial charge >= 0.3 is 11.9 Å². The van der Waals surface area contributed by atoms with E-state index in [2.05, 4.69) is 4.74 Å². The van der Waals surface area contributed by atoms with Crippen LogP contribution >= 0.6 is 0 Å². The summed E-state index contributed by atoms with van der Waals surface area (Å²) in [6, 6.07) is 6.93. The number of carboxylic acids is 1. The van der Waals surface area contributed by atoms with Crippen molar-refractivity contribution >= 4 is 17.5 Å². The zero-order valence-electron chi connectivity index (χ0n) is 10.5. The number of ether oxygens (including phenoxy) is 1. The molecule has 4 nitrogen and oxygen atoms in total. The van der Waals surface area contributed by atoms with Crippen molar-refractivity contribution in [2.45, 2.75) is 19.8 Å². The molecule has 0 atom stereocenters. The minimum atomic E-state index is -0.855. The molecule has 1 rings (SSSR count). The van der Waals surface area contributed by atoms with Gasteiger partial charge in [-0.3, -0.25) is 4.79 Å². The number of carboxylic acid groups (broad SMARTS) is 1. The van der Waals surface area contributed by atoms with Gasteiger partial charge < -0.3 is 9.84 Å². The molecule has 96 valence electrons. The topological polar surface area (TPSA) is 63.6 Å². The Labute approximate surface area is 106 Å². The molecule has 1 N–H and O–H groups in total. The predicted octanol–water partition coefficient (Wildman–Crippen LogP) is 2.74. The van der Waals surface area contributed by atoms with Gasteiger partial charge in [-0.05, 0) is 29.7 Å². The van der Waals surface area contributed by atoms with Gasteiger partial charge in [-0.15, -0.1) is 0 Å². The van der Waals surface area contributed by atoms with E-state index >= 15 is 0 Å². The summed E-state index contributed by atoms with van der Waals surface area (Å²) in [5.74, 6) is -1.23. The first-order valence-electron chi connectivity index (χ1n) is 5.68. The lowest BCUT2D eigenvalue weighted by Crippen LogP contribution is -2.00. The summed E-state index contributed by atoms with van der Waals surface area (Å²) in [7, 11) is 1.33. The summed E-state index contributed by atoms with van der Waals surface area (Å²) in [6.45, 7) is 1.96. The van der Waals surface area contributed by atoms with E-state index in [9.17, 15) is 9.59 Å². The van der Waals surface area contributed by atoms with Crippen LogP contribution in [0.5, 0.6) is 0 Å². The van der Waals surface area contributed by atoms with Crippen molar-refractivity contribution in [3.8, 4) is 0 Å². The van der Waals surface area contributed by atoms with Gasteiger partial charge in [0.2, 0.25) is 0 Å². The van der Waals surface area contributed by atoms with Crippen LogP contribution in [0.1, 0.15) is 35.7 Å². The first-order chi connectivity index (χ1) is 8.58. The number of carbonyl (C=O) groups is 2. The van der Waals surface area contributed by atoms with Crippen LogP contribution in [0.25, 0.3) is 5.57 Å². The number of rotatable bonds is 5. The Hall–Kier alpha value is -2.10. The molecule has 0 saturated heterocycles. The van der Waals surface area contributed by atoms with Crippen molar-refractivity contribution < 1.29 is 19.4 Å². The molecule has 0 fully saturated rings. The maximum atomic E-state index is 11.3. The van der Waals surface area contributed by atoms with Crippen molar-refractivity contribution in [2.24, 2.45) is 0 Å². The molecule has 0 saturated carbocycles. The summed E-state index contributed by atoms with van der Waals surface area (Å²) >= 11 is 0. The van der Waals surface area contributed by atoms with Crippen LogP contribution in [0.15, 0.2) is 30.3 Å². The molecule has 18 heavy (non-hydrogen) atoms. The fraction of sp³-hybridized carbons (Fsp3) is 0.286. The Morgan fingerprint density at radius 2 is 1.78 bits per heavy atom. The third-order valence-electron chi connectivity index (χ3n) is 2.58. The van der Waals surface area contributed by atoms with E-state index in [1.807, 2.05) is 6.92 Å². The van der Waals surface area contributed by atoms with Crippen LogP contribution < -0.4 is 0 Å². The Bertz CT molecular complexity index is 457. The van der Waals surface area contributed by atoms with Gasteiger partial charge in [0.15, 0.2) is 0 Å². The highest BCUT2D eigenvalue weighted by Crippen LogP contribution is 2.19. The molecule has 4 heteroatoms. The van der Waals surface area contributed by atoms with Crippen molar-refractivity contribution in [1.29, 1.82) is 0 Å². The number of hydrogen-bond acceptors (Lipinski definition) is 3. The first kappa shape index (κ1) is 14.0. The Balaban J connectivity index is 2.91. The number of aliphatic carboxylic acids is 1. The van der Waals surface area contributed by atoms with Gasteiger partial charge in [0.05, 0.1) is 19.1 Å². The number of esters is 1. The van der Waals surface area contributed by atoms with Crippen LogP contribution in [0, 0.1) is 0 Å². The largest absolute Gasteiger partial charge is 0.481 e. The van der Waals surface area contributed by atoms with E-state index < -0.39 is 5.97 Å². The van der Waals surface area contributed by atoms with E-state index in [0.717, 1.165) is 17.6 Å². The molecule has 0 bridgehead atoms. The second-order valence-corrected chi connectivity index (χ2v) is 3.75. The highest BCUT2D eigenvalue weighted by molar-refractivity contribution is 5.89. The SMILES string of the molecule is CC/C(=C\CC(=O)O)c1ccc(C(=O)OC)cc1. The summed E-state index contributed by atoms with van der Waals surface area (Å²) in [6.07, 6.45) is 2.43. The average Bonchev–Trinajstić information content (AvgIpc) is 2.39. The standard InChI is InChI=1S/C14H16O4/c1-3-10(8-9-13(15)16)11-4-6-12(7-5-11)14(17)18-2/h4-8H,3,9H2,1-2H3,(H,15,16)/b10-8+. The van der Waals surface area contributed by atoms with Gasteiger partial charge in [0.25, 0.3) is 0 Å². The van der Waals surface area contributed by atoms with Gasteiger partial charge in [-0.2, -0.15) is 0 Å². The lowest BCUT2D eigenvalue weighted by Gasteiger charge is -2.06. The van der Waals surface area contributed by atoms with Gasteiger partial charge in [0, 0.05) is 0 Å². The quantitative estimate of drug-likeness (QED) is 0.814. The number of allylic oxidation sites excluding steroid dienone is 1.